The third-order valence-electron chi connectivity index (χ3n) is 8.83. The predicted molar refractivity (Wildman–Crippen MR) is 237 cm³/mol. The molecule has 0 aliphatic carbocycles. The van der Waals surface area contributed by atoms with Gasteiger partial charge in [0.25, 0.3) is 0 Å². The van der Waals surface area contributed by atoms with Crippen LogP contribution in [0.5, 0.6) is 0 Å². The summed E-state index contributed by atoms with van der Waals surface area (Å²) < 4.78 is 16.6. The topological polar surface area (TPSA) is 78.9 Å². The van der Waals surface area contributed by atoms with E-state index in [2.05, 4.69) is 118 Å². The Morgan fingerprint density at radius 1 is 0.375 bits per heavy atom. The Bertz CT molecular complexity index is 1170. The maximum atomic E-state index is 12.7. The number of carbonyl (C=O) groups excluding carboxylic acids is 3. The van der Waals surface area contributed by atoms with E-state index >= 15 is 0 Å². The molecule has 0 saturated carbocycles. The molecule has 1 atom stereocenters. The lowest BCUT2D eigenvalue weighted by molar-refractivity contribution is -0.167. The van der Waals surface area contributed by atoms with E-state index in [9.17, 15) is 14.4 Å². The van der Waals surface area contributed by atoms with Crippen LogP contribution in [0.3, 0.4) is 0 Å². The van der Waals surface area contributed by atoms with Crippen LogP contribution in [0.1, 0.15) is 181 Å². The monoisotopic (exact) mass is 777 g/mol. The van der Waals surface area contributed by atoms with Crippen molar-refractivity contribution in [2.24, 2.45) is 0 Å². The Kier molecular flexibility index (Phi) is 41.2. The largest absolute Gasteiger partial charge is 0.462 e. The first kappa shape index (κ1) is 52.3. The molecule has 56 heavy (non-hydrogen) atoms. The van der Waals surface area contributed by atoms with Crippen LogP contribution in [0, 0.1) is 0 Å². The third-order valence-corrected chi connectivity index (χ3v) is 8.83. The molecule has 0 fully saturated rings. The van der Waals surface area contributed by atoms with Crippen molar-refractivity contribution in [3.05, 3.63) is 97.2 Å². The van der Waals surface area contributed by atoms with Gasteiger partial charge in [-0.1, -0.05) is 169 Å². The van der Waals surface area contributed by atoms with Crippen molar-refractivity contribution >= 4 is 17.9 Å². The van der Waals surface area contributed by atoms with Crippen molar-refractivity contribution in [2.75, 3.05) is 13.2 Å². The molecule has 0 aromatic carbocycles. The van der Waals surface area contributed by atoms with Gasteiger partial charge >= 0.3 is 17.9 Å². The summed E-state index contributed by atoms with van der Waals surface area (Å²) in [5, 5.41) is 0. The molecule has 0 bridgehead atoms. The van der Waals surface area contributed by atoms with Gasteiger partial charge in [0.2, 0.25) is 0 Å². The smallest absolute Gasteiger partial charge is 0.306 e. The standard InChI is InChI=1S/C50H80O6/c1-4-7-10-13-16-19-21-23-24-25-26-28-29-31-34-37-40-43-49(52)55-46-47(45-54-48(51)42-39-36-33-18-15-12-9-6-3)56-50(53)44-41-38-35-32-30-27-22-20-17-14-11-8-5-2/h7-8,10-11,16-17,19-20,23-24,26-28,30-31,34,47H,4-6,9,12-15,18,21-22,25,29,32-33,35-46H2,1-3H3/b10-7-,11-8-,19-16-,20-17-,24-23-,28-26-,30-27-,34-31-. The zero-order valence-electron chi connectivity index (χ0n) is 35.9. The first-order valence-electron chi connectivity index (χ1n) is 22.2. The first-order valence-corrected chi connectivity index (χ1v) is 22.2. The summed E-state index contributed by atoms with van der Waals surface area (Å²) >= 11 is 0. The van der Waals surface area contributed by atoms with E-state index in [1.54, 1.807) is 0 Å². The SMILES string of the molecule is CC/C=C\C/C=C\C/C=C\C/C=C\C/C=C\CCCC(=O)OCC(COC(=O)CCCCCCCCCC)OC(=O)CCCCC/C=C\C/C=C\C/C=C\CC. The Balaban J connectivity index is 4.50. The number of carbonyl (C=O) groups is 3. The van der Waals surface area contributed by atoms with Gasteiger partial charge in [0.05, 0.1) is 0 Å². The van der Waals surface area contributed by atoms with Crippen LogP contribution in [0.2, 0.25) is 0 Å². The van der Waals surface area contributed by atoms with E-state index in [0.717, 1.165) is 103 Å². The highest BCUT2D eigenvalue weighted by molar-refractivity contribution is 5.71. The predicted octanol–water partition coefficient (Wildman–Crippen LogP) is 14.2. The minimum Gasteiger partial charge on any atom is -0.462 e. The number of esters is 3. The zero-order valence-corrected chi connectivity index (χ0v) is 35.9. The van der Waals surface area contributed by atoms with E-state index in [1.807, 2.05) is 0 Å². The second kappa shape index (κ2) is 44.0. The molecule has 0 aromatic rings. The van der Waals surface area contributed by atoms with Crippen LogP contribution in [-0.4, -0.2) is 37.2 Å². The quantitative estimate of drug-likeness (QED) is 0.0269. The average molecular weight is 777 g/mol. The van der Waals surface area contributed by atoms with Crippen LogP contribution < -0.4 is 0 Å². The molecule has 0 N–H and O–H groups in total. The van der Waals surface area contributed by atoms with Gasteiger partial charge < -0.3 is 14.2 Å². The Morgan fingerprint density at radius 3 is 1.16 bits per heavy atom. The summed E-state index contributed by atoms with van der Waals surface area (Å²) in [6, 6.07) is 0. The van der Waals surface area contributed by atoms with Crippen molar-refractivity contribution in [3.63, 3.8) is 0 Å². The lowest BCUT2D eigenvalue weighted by Gasteiger charge is -2.18. The van der Waals surface area contributed by atoms with Gasteiger partial charge in [0, 0.05) is 19.3 Å². The first-order chi connectivity index (χ1) is 27.5. The van der Waals surface area contributed by atoms with Crippen molar-refractivity contribution in [2.45, 2.75) is 187 Å². The number of rotatable bonds is 38. The van der Waals surface area contributed by atoms with E-state index < -0.39 is 6.10 Å². The van der Waals surface area contributed by atoms with E-state index in [-0.39, 0.29) is 44.0 Å². The molecule has 0 heterocycles. The van der Waals surface area contributed by atoms with Crippen LogP contribution >= 0.6 is 0 Å². The third kappa shape index (κ3) is 41.5. The van der Waals surface area contributed by atoms with Gasteiger partial charge in [0.1, 0.15) is 13.2 Å². The van der Waals surface area contributed by atoms with Gasteiger partial charge in [-0.25, -0.2) is 0 Å². The molecule has 0 rings (SSSR count). The highest BCUT2D eigenvalue weighted by Gasteiger charge is 2.19. The molecule has 0 spiro atoms. The van der Waals surface area contributed by atoms with Crippen LogP contribution in [0.25, 0.3) is 0 Å². The van der Waals surface area contributed by atoms with Crippen molar-refractivity contribution in [1.29, 1.82) is 0 Å². The van der Waals surface area contributed by atoms with E-state index in [1.165, 1.54) is 32.1 Å². The molecule has 0 aliphatic heterocycles. The Labute approximate surface area is 343 Å². The molecule has 0 radical (unpaired) electrons. The lowest BCUT2D eigenvalue weighted by Crippen LogP contribution is -2.30. The van der Waals surface area contributed by atoms with Crippen LogP contribution in [0.15, 0.2) is 97.2 Å². The maximum absolute atomic E-state index is 12.7. The molecule has 0 amide bonds. The Morgan fingerprint density at radius 2 is 0.714 bits per heavy atom. The zero-order chi connectivity index (χ0) is 40.8. The maximum Gasteiger partial charge on any atom is 0.306 e. The molecule has 316 valence electrons. The fourth-order valence-electron chi connectivity index (χ4n) is 5.55. The summed E-state index contributed by atoms with van der Waals surface area (Å²) in [5.41, 5.74) is 0. The van der Waals surface area contributed by atoms with Crippen molar-refractivity contribution < 1.29 is 28.6 Å². The van der Waals surface area contributed by atoms with Gasteiger partial charge in [-0.15, -0.1) is 0 Å². The second-order valence-electron chi connectivity index (χ2n) is 14.2. The molecule has 6 heteroatoms. The number of unbranched alkanes of at least 4 members (excludes halogenated alkanes) is 11. The number of hydrogen-bond donors (Lipinski definition) is 0. The highest BCUT2D eigenvalue weighted by Crippen LogP contribution is 2.12. The van der Waals surface area contributed by atoms with Crippen LogP contribution in [-0.2, 0) is 28.6 Å². The fourth-order valence-corrected chi connectivity index (χ4v) is 5.55. The number of allylic oxidation sites excluding steroid dienone is 16. The number of ether oxygens (including phenoxy) is 3. The summed E-state index contributed by atoms with van der Waals surface area (Å²) in [4.78, 5) is 37.6. The van der Waals surface area contributed by atoms with Gasteiger partial charge in [-0.2, -0.15) is 0 Å². The average Bonchev–Trinajstić information content (AvgIpc) is 3.19. The van der Waals surface area contributed by atoms with Gasteiger partial charge in [-0.05, 0) is 89.9 Å². The van der Waals surface area contributed by atoms with Crippen molar-refractivity contribution in [1.82, 2.24) is 0 Å². The number of hydrogen-bond acceptors (Lipinski definition) is 6. The summed E-state index contributed by atoms with van der Waals surface area (Å²) in [6.07, 6.45) is 56.9. The Hall–Kier alpha value is -3.67. The minimum absolute atomic E-state index is 0.108. The molecule has 6 nitrogen and oxygen atoms in total. The summed E-state index contributed by atoms with van der Waals surface area (Å²) in [5.74, 6) is -1.01. The molecule has 0 aliphatic rings. The van der Waals surface area contributed by atoms with Crippen molar-refractivity contribution in [3.8, 4) is 0 Å². The van der Waals surface area contributed by atoms with E-state index in [4.69, 9.17) is 14.2 Å². The van der Waals surface area contributed by atoms with E-state index in [0.29, 0.717) is 12.8 Å². The summed E-state index contributed by atoms with van der Waals surface area (Å²) in [6.45, 7) is 6.27. The fraction of sp³-hybridized carbons (Fsp3) is 0.620. The van der Waals surface area contributed by atoms with Gasteiger partial charge in [-0.3, -0.25) is 14.4 Å². The highest BCUT2D eigenvalue weighted by atomic mass is 16.6. The normalized spacial score (nSPS) is 13.0. The molecular weight excluding hydrogens is 697 g/mol. The molecule has 0 saturated heterocycles. The van der Waals surface area contributed by atoms with Gasteiger partial charge in [0.15, 0.2) is 6.10 Å². The summed E-state index contributed by atoms with van der Waals surface area (Å²) in [7, 11) is 0. The second-order valence-corrected chi connectivity index (χ2v) is 14.2. The molecule has 0 aromatic heterocycles. The molecular formula is C50H80O6. The lowest BCUT2D eigenvalue weighted by atomic mass is 10.1. The van der Waals surface area contributed by atoms with Crippen LogP contribution in [0.4, 0.5) is 0 Å². The minimum atomic E-state index is -0.812. The molecule has 1 unspecified atom stereocenters.